The molecule has 1 aliphatic rings. The average Bonchev–Trinajstić information content (AvgIpc) is 2.60. The Labute approximate surface area is 171 Å². The predicted molar refractivity (Wildman–Crippen MR) is 110 cm³/mol. The first-order valence-corrected chi connectivity index (χ1v) is 10.6. The molecule has 0 saturated carbocycles. The van der Waals surface area contributed by atoms with E-state index in [1.807, 2.05) is 18.2 Å². The molecule has 0 aromatic heterocycles. The molecule has 1 unspecified atom stereocenters. The number of nitrogens with zero attached hydrogens (tertiary/aromatic N) is 1. The Kier molecular flexibility index (Phi) is 6.92. The summed E-state index contributed by atoms with van der Waals surface area (Å²) in [6.07, 6.45) is 1.16. The normalized spacial score (nSPS) is 17.3. The zero-order valence-corrected chi connectivity index (χ0v) is 17.5. The van der Waals surface area contributed by atoms with Gasteiger partial charge in [0.25, 0.3) is 5.91 Å². The Morgan fingerprint density at radius 1 is 1.22 bits per heavy atom. The Balaban J connectivity index is 0.00000261. The molecule has 146 valence electrons. The van der Waals surface area contributed by atoms with Crippen molar-refractivity contribution in [2.45, 2.75) is 17.9 Å². The number of halogens is 2. The third-order valence-electron chi connectivity index (χ3n) is 4.57. The van der Waals surface area contributed by atoms with Crippen LogP contribution in [0.3, 0.4) is 0 Å². The maximum absolute atomic E-state index is 13.1. The molecule has 0 bridgehead atoms. The van der Waals surface area contributed by atoms with Gasteiger partial charge in [-0.1, -0.05) is 29.8 Å². The van der Waals surface area contributed by atoms with E-state index in [-0.39, 0.29) is 29.3 Å². The topological polar surface area (TPSA) is 66.5 Å². The Bertz CT molecular complexity index is 948. The molecule has 1 amide bonds. The van der Waals surface area contributed by atoms with Crippen LogP contribution in [0, 0.1) is 6.92 Å². The summed E-state index contributed by atoms with van der Waals surface area (Å²) in [6.45, 7) is 3.58. The summed E-state index contributed by atoms with van der Waals surface area (Å²) < 4.78 is 24.0. The summed E-state index contributed by atoms with van der Waals surface area (Å²) in [5, 5.41) is 3.92. The highest BCUT2D eigenvalue weighted by molar-refractivity contribution is 7.90. The molecular formula is C19H22Cl2N2O3S. The number of hydrogen-bond acceptors (Lipinski definition) is 4. The van der Waals surface area contributed by atoms with Crippen molar-refractivity contribution in [2.24, 2.45) is 0 Å². The van der Waals surface area contributed by atoms with Gasteiger partial charge in [0.15, 0.2) is 9.84 Å². The van der Waals surface area contributed by atoms with Crippen LogP contribution in [0.15, 0.2) is 47.4 Å². The smallest absolute Gasteiger partial charge is 0.254 e. The number of carbonyl (C=O) groups is 1. The van der Waals surface area contributed by atoms with Crippen molar-refractivity contribution < 1.29 is 13.2 Å². The summed E-state index contributed by atoms with van der Waals surface area (Å²) in [7, 11) is -3.39. The molecule has 5 nitrogen and oxygen atoms in total. The second-order valence-electron chi connectivity index (χ2n) is 6.53. The van der Waals surface area contributed by atoms with Crippen LogP contribution in [0.5, 0.6) is 0 Å². The average molecular weight is 429 g/mol. The van der Waals surface area contributed by atoms with Gasteiger partial charge in [-0.25, -0.2) is 8.42 Å². The minimum atomic E-state index is -3.39. The molecule has 8 heteroatoms. The van der Waals surface area contributed by atoms with E-state index < -0.39 is 9.84 Å². The van der Waals surface area contributed by atoms with Gasteiger partial charge in [-0.2, -0.15) is 0 Å². The molecule has 1 N–H and O–H groups in total. The number of nitrogens with one attached hydrogen (secondary N) is 1. The van der Waals surface area contributed by atoms with Crippen molar-refractivity contribution in [1.82, 2.24) is 10.2 Å². The number of piperazine rings is 1. The molecule has 3 rings (SSSR count). The highest BCUT2D eigenvalue weighted by atomic mass is 35.5. The Hall–Kier alpha value is -1.60. The van der Waals surface area contributed by atoms with Crippen LogP contribution >= 0.6 is 24.0 Å². The van der Waals surface area contributed by atoms with E-state index in [0.717, 1.165) is 11.8 Å². The minimum Gasteiger partial charge on any atom is -0.329 e. The molecule has 1 heterocycles. The summed E-state index contributed by atoms with van der Waals surface area (Å²) in [5.74, 6) is -0.179. The fourth-order valence-electron chi connectivity index (χ4n) is 3.26. The van der Waals surface area contributed by atoms with Crippen LogP contribution in [0.1, 0.15) is 27.5 Å². The summed E-state index contributed by atoms with van der Waals surface area (Å²) in [4.78, 5) is 15.1. The SMILES string of the molecule is Cc1ccc(C(=O)N2CCNCC2c2cccc(Cl)c2)cc1S(C)(=O)=O.Cl. The minimum absolute atomic E-state index is 0. The first-order chi connectivity index (χ1) is 12.3. The van der Waals surface area contributed by atoms with Crippen molar-refractivity contribution in [1.29, 1.82) is 0 Å². The van der Waals surface area contributed by atoms with Crippen molar-refractivity contribution in [3.63, 3.8) is 0 Å². The number of hydrogen-bond donors (Lipinski definition) is 1. The molecule has 0 spiro atoms. The standard InChI is InChI=1S/C19H21ClN2O3S.ClH/c1-13-6-7-15(11-18(13)26(2,24)25)19(23)22-9-8-21-12-17(22)14-4-3-5-16(20)10-14;/h3-7,10-11,17,21H,8-9,12H2,1-2H3;1H. The number of carbonyl (C=O) groups excluding carboxylic acids is 1. The molecule has 2 aromatic carbocycles. The lowest BCUT2D eigenvalue weighted by molar-refractivity contribution is 0.0634. The van der Waals surface area contributed by atoms with Crippen LogP contribution in [-0.2, 0) is 9.84 Å². The van der Waals surface area contributed by atoms with E-state index in [0.29, 0.717) is 35.8 Å². The lowest BCUT2D eigenvalue weighted by Crippen LogP contribution is -2.48. The summed E-state index contributed by atoms with van der Waals surface area (Å²) in [5.41, 5.74) is 1.97. The van der Waals surface area contributed by atoms with E-state index in [2.05, 4.69) is 5.32 Å². The maximum Gasteiger partial charge on any atom is 0.254 e. The highest BCUT2D eigenvalue weighted by Gasteiger charge is 2.29. The van der Waals surface area contributed by atoms with Crippen LogP contribution in [0.25, 0.3) is 0 Å². The van der Waals surface area contributed by atoms with E-state index in [1.54, 1.807) is 30.0 Å². The second kappa shape index (κ2) is 8.61. The van der Waals surface area contributed by atoms with Crippen molar-refractivity contribution in [3.05, 3.63) is 64.2 Å². The van der Waals surface area contributed by atoms with Gasteiger partial charge in [0.05, 0.1) is 10.9 Å². The molecule has 1 aliphatic heterocycles. The third-order valence-corrected chi connectivity index (χ3v) is 6.05. The van der Waals surface area contributed by atoms with Crippen molar-refractivity contribution >= 4 is 39.8 Å². The second-order valence-corrected chi connectivity index (χ2v) is 8.95. The van der Waals surface area contributed by atoms with Crippen LogP contribution in [0.2, 0.25) is 5.02 Å². The lowest BCUT2D eigenvalue weighted by Gasteiger charge is -2.36. The monoisotopic (exact) mass is 428 g/mol. The molecular weight excluding hydrogens is 407 g/mol. The Morgan fingerprint density at radius 3 is 2.63 bits per heavy atom. The molecule has 0 aliphatic carbocycles. The summed E-state index contributed by atoms with van der Waals surface area (Å²) in [6, 6.07) is 12.2. The zero-order chi connectivity index (χ0) is 18.9. The molecule has 2 aromatic rings. The number of benzene rings is 2. The van der Waals surface area contributed by atoms with Gasteiger partial charge in [0.2, 0.25) is 0 Å². The van der Waals surface area contributed by atoms with Gasteiger partial charge in [-0.15, -0.1) is 12.4 Å². The van der Waals surface area contributed by atoms with Crippen molar-refractivity contribution in [2.75, 3.05) is 25.9 Å². The molecule has 1 saturated heterocycles. The predicted octanol–water partition coefficient (Wildman–Crippen LogP) is 3.26. The van der Waals surface area contributed by atoms with E-state index >= 15 is 0 Å². The van der Waals surface area contributed by atoms with Gasteiger partial charge >= 0.3 is 0 Å². The first kappa shape index (κ1) is 21.7. The van der Waals surface area contributed by atoms with Crippen LogP contribution in [0.4, 0.5) is 0 Å². The van der Waals surface area contributed by atoms with Gasteiger partial charge < -0.3 is 10.2 Å². The number of sulfone groups is 1. The van der Waals surface area contributed by atoms with E-state index in [1.165, 1.54) is 6.07 Å². The lowest BCUT2D eigenvalue weighted by atomic mass is 10.0. The van der Waals surface area contributed by atoms with Gasteiger partial charge in [-0.05, 0) is 42.3 Å². The Morgan fingerprint density at radius 2 is 1.96 bits per heavy atom. The van der Waals surface area contributed by atoms with Gasteiger partial charge in [-0.3, -0.25) is 4.79 Å². The van der Waals surface area contributed by atoms with E-state index in [4.69, 9.17) is 11.6 Å². The van der Waals surface area contributed by atoms with Gasteiger partial charge in [0.1, 0.15) is 0 Å². The number of aryl methyl sites for hydroxylation is 1. The zero-order valence-electron chi connectivity index (χ0n) is 15.1. The summed E-state index contributed by atoms with van der Waals surface area (Å²) >= 11 is 6.11. The molecule has 1 fully saturated rings. The molecule has 1 atom stereocenters. The fourth-order valence-corrected chi connectivity index (χ4v) is 4.45. The highest BCUT2D eigenvalue weighted by Crippen LogP contribution is 2.27. The maximum atomic E-state index is 13.1. The fraction of sp³-hybridized carbons (Fsp3) is 0.316. The largest absolute Gasteiger partial charge is 0.329 e. The van der Waals surface area contributed by atoms with Crippen molar-refractivity contribution in [3.8, 4) is 0 Å². The first-order valence-electron chi connectivity index (χ1n) is 8.35. The van der Waals surface area contributed by atoms with Crippen LogP contribution < -0.4 is 5.32 Å². The van der Waals surface area contributed by atoms with E-state index in [9.17, 15) is 13.2 Å². The number of amides is 1. The third kappa shape index (κ3) is 4.82. The van der Waals surface area contributed by atoms with Crippen LogP contribution in [-0.4, -0.2) is 45.1 Å². The van der Waals surface area contributed by atoms with Gasteiger partial charge in [0, 0.05) is 36.5 Å². The molecule has 0 radical (unpaired) electrons. The molecule has 27 heavy (non-hydrogen) atoms. The number of rotatable bonds is 3. The quantitative estimate of drug-likeness (QED) is 0.814.